The highest BCUT2D eigenvalue weighted by Crippen LogP contribution is 2.28. The molecule has 0 spiro atoms. The van der Waals surface area contributed by atoms with Gasteiger partial charge < -0.3 is 10.2 Å². The van der Waals surface area contributed by atoms with E-state index < -0.39 is 0 Å². The van der Waals surface area contributed by atoms with Crippen molar-refractivity contribution in [3.8, 4) is 0 Å². The number of nitrogens with one attached hydrogen (secondary N) is 1. The number of hydrogen-bond acceptors (Lipinski definition) is 3. The van der Waals surface area contributed by atoms with Crippen LogP contribution in [-0.2, 0) is 6.42 Å². The average molecular weight is 333 g/mol. The lowest BCUT2D eigenvalue weighted by atomic mass is 10.0. The molecule has 1 N–H and O–H groups in total. The van der Waals surface area contributed by atoms with E-state index in [1.54, 1.807) is 0 Å². The van der Waals surface area contributed by atoms with E-state index in [0.29, 0.717) is 6.04 Å². The first-order valence-corrected chi connectivity index (χ1v) is 9.55. The van der Waals surface area contributed by atoms with E-state index in [1.807, 2.05) is 0 Å². The molecule has 1 aliphatic heterocycles. The Bertz CT molecular complexity index is 690. The summed E-state index contributed by atoms with van der Waals surface area (Å²) in [4.78, 5) is 7.40. The second-order valence-corrected chi connectivity index (χ2v) is 7.30. The Balaban J connectivity index is 1.49. The molecule has 25 heavy (non-hydrogen) atoms. The summed E-state index contributed by atoms with van der Waals surface area (Å²) in [6.45, 7) is 2.02. The molecular weight excluding hydrogens is 306 g/mol. The summed E-state index contributed by atoms with van der Waals surface area (Å²) in [7, 11) is 0. The van der Waals surface area contributed by atoms with Crippen LogP contribution in [0, 0.1) is 5.92 Å². The van der Waals surface area contributed by atoms with Gasteiger partial charge in [0.05, 0.1) is 12.6 Å². The molecule has 0 saturated heterocycles. The number of aliphatic imine (C=N–C) groups is 1. The van der Waals surface area contributed by atoms with Crippen molar-refractivity contribution in [3.05, 3.63) is 66.2 Å². The lowest BCUT2D eigenvalue weighted by Crippen LogP contribution is -2.43. The fourth-order valence-corrected chi connectivity index (χ4v) is 4.08. The SMILES string of the molecule is c1ccc(C[C@H]2CN=C(Nc3ccccc3)N2CC2CCCC2)cc1. The molecule has 130 valence electrons. The van der Waals surface area contributed by atoms with Crippen molar-refractivity contribution in [2.45, 2.75) is 38.1 Å². The molecule has 3 heteroatoms. The molecular formula is C22H27N3. The molecule has 2 aromatic carbocycles. The molecule has 1 heterocycles. The maximum atomic E-state index is 4.86. The van der Waals surface area contributed by atoms with Gasteiger partial charge in [-0.1, -0.05) is 61.4 Å². The third-order valence-corrected chi connectivity index (χ3v) is 5.44. The fourth-order valence-electron chi connectivity index (χ4n) is 4.08. The van der Waals surface area contributed by atoms with E-state index in [1.165, 1.54) is 31.2 Å². The minimum atomic E-state index is 0.467. The summed E-state index contributed by atoms with van der Waals surface area (Å²) in [5.74, 6) is 1.87. The number of guanidine groups is 1. The van der Waals surface area contributed by atoms with Crippen molar-refractivity contribution in [1.82, 2.24) is 4.90 Å². The normalized spacial score (nSPS) is 20.7. The zero-order valence-corrected chi connectivity index (χ0v) is 14.8. The second-order valence-electron chi connectivity index (χ2n) is 7.30. The molecule has 4 rings (SSSR count). The van der Waals surface area contributed by atoms with Gasteiger partial charge in [0.15, 0.2) is 5.96 Å². The summed E-state index contributed by atoms with van der Waals surface area (Å²) in [5, 5.41) is 3.56. The zero-order chi connectivity index (χ0) is 16.9. The van der Waals surface area contributed by atoms with Gasteiger partial charge in [-0.25, -0.2) is 0 Å². The zero-order valence-electron chi connectivity index (χ0n) is 14.8. The molecule has 3 nitrogen and oxygen atoms in total. The molecule has 0 amide bonds. The summed E-state index contributed by atoms with van der Waals surface area (Å²) < 4.78 is 0. The lowest BCUT2D eigenvalue weighted by Gasteiger charge is -2.31. The maximum absolute atomic E-state index is 4.86. The van der Waals surface area contributed by atoms with Crippen molar-refractivity contribution in [2.75, 3.05) is 18.4 Å². The highest BCUT2D eigenvalue weighted by molar-refractivity contribution is 5.95. The van der Waals surface area contributed by atoms with E-state index in [4.69, 9.17) is 4.99 Å². The van der Waals surface area contributed by atoms with E-state index >= 15 is 0 Å². The molecule has 0 aromatic heterocycles. The Labute approximate surface area is 150 Å². The first kappa shape index (κ1) is 16.2. The van der Waals surface area contributed by atoms with Crippen molar-refractivity contribution >= 4 is 11.6 Å². The van der Waals surface area contributed by atoms with Crippen molar-refractivity contribution < 1.29 is 0 Å². The van der Waals surface area contributed by atoms with Crippen LogP contribution in [0.3, 0.4) is 0 Å². The predicted octanol–water partition coefficient (Wildman–Crippen LogP) is 4.57. The average Bonchev–Trinajstić information content (AvgIpc) is 3.29. The summed E-state index contributed by atoms with van der Waals surface area (Å²) in [6.07, 6.45) is 6.58. The van der Waals surface area contributed by atoms with Gasteiger partial charge in [0, 0.05) is 12.2 Å². The molecule has 2 aromatic rings. The Hall–Kier alpha value is -2.29. The third kappa shape index (κ3) is 4.04. The quantitative estimate of drug-likeness (QED) is 0.868. The summed E-state index contributed by atoms with van der Waals surface area (Å²) >= 11 is 0. The van der Waals surface area contributed by atoms with Crippen molar-refractivity contribution in [1.29, 1.82) is 0 Å². The van der Waals surface area contributed by atoms with Gasteiger partial charge in [0.25, 0.3) is 0 Å². The fraction of sp³-hybridized carbons (Fsp3) is 0.409. The van der Waals surface area contributed by atoms with Crippen LogP contribution in [0.25, 0.3) is 0 Å². The smallest absolute Gasteiger partial charge is 0.198 e. The highest BCUT2D eigenvalue weighted by Gasteiger charge is 2.30. The first-order chi connectivity index (χ1) is 12.4. The van der Waals surface area contributed by atoms with Gasteiger partial charge >= 0.3 is 0 Å². The number of para-hydroxylation sites is 1. The van der Waals surface area contributed by atoms with Crippen molar-refractivity contribution in [3.63, 3.8) is 0 Å². The van der Waals surface area contributed by atoms with Crippen LogP contribution in [0.15, 0.2) is 65.7 Å². The molecule has 0 bridgehead atoms. The van der Waals surface area contributed by atoms with Crippen molar-refractivity contribution in [2.24, 2.45) is 10.9 Å². The standard InChI is InChI=1S/C22H27N3/c1-3-9-18(10-4-1)15-21-16-23-22(24-20-13-5-2-6-14-20)25(21)17-19-11-7-8-12-19/h1-6,9-10,13-14,19,21H,7-8,11-12,15-17H2,(H,23,24)/t21-/m0/s1. The largest absolute Gasteiger partial charge is 0.337 e. The van der Waals surface area contributed by atoms with E-state index in [-0.39, 0.29) is 0 Å². The third-order valence-electron chi connectivity index (χ3n) is 5.44. The Kier molecular flexibility index (Phi) is 5.01. The minimum Gasteiger partial charge on any atom is -0.337 e. The van der Waals surface area contributed by atoms with Gasteiger partial charge in [-0.05, 0) is 42.9 Å². The van der Waals surface area contributed by atoms with Crippen LogP contribution >= 0.6 is 0 Å². The molecule has 0 unspecified atom stereocenters. The Morgan fingerprint density at radius 1 is 0.920 bits per heavy atom. The van der Waals surface area contributed by atoms with Gasteiger partial charge in [0.1, 0.15) is 0 Å². The molecule has 2 aliphatic rings. The summed E-state index contributed by atoms with van der Waals surface area (Å²) in [5.41, 5.74) is 2.53. The van der Waals surface area contributed by atoms with E-state index in [2.05, 4.69) is 70.9 Å². The van der Waals surface area contributed by atoms with Crippen LogP contribution in [0.2, 0.25) is 0 Å². The minimum absolute atomic E-state index is 0.467. The second kappa shape index (κ2) is 7.73. The van der Waals surface area contributed by atoms with E-state index in [0.717, 1.165) is 37.1 Å². The van der Waals surface area contributed by atoms with Crippen LogP contribution in [-0.4, -0.2) is 30.0 Å². The van der Waals surface area contributed by atoms with Crippen LogP contribution in [0.5, 0.6) is 0 Å². The monoisotopic (exact) mass is 333 g/mol. The number of rotatable bonds is 5. The van der Waals surface area contributed by atoms with Crippen LogP contribution in [0.1, 0.15) is 31.2 Å². The first-order valence-electron chi connectivity index (χ1n) is 9.55. The van der Waals surface area contributed by atoms with Gasteiger partial charge in [-0.15, -0.1) is 0 Å². The molecule has 1 atom stereocenters. The highest BCUT2D eigenvalue weighted by atomic mass is 15.4. The van der Waals surface area contributed by atoms with Gasteiger partial charge in [-0.2, -0.15) is 0 Å². The molecule has 1 aliphatic carbocycles. The topological polar surface area (TPSA) is 27.6 Å². The van der Waals surface area contributed by atoms with Gasteiger partial charge in [0.2, 0.25) is 0 Å². The van der Waals surface area contributed by atoms with E-state index in [9.17, 15) is 0 Å². The predicted molar refractivity (Wildman–Crippen MR) is 105 cm³/mol. The van der Waals surface area contributed by atoms with Crippen LogP contribution < -0.4 is 5.32 Å². The molecule has 1 saturated carbocycles. The molecule has 0 radical (unpaired) electrons. The van der Waals surface area contributed by atoms with Crippen LogP contribution in [0.4, 0.5) is 5.69 Å². The number of nitrogens with zero attached hydrogens (tertiary/aromatic N) is 2. The molecule has 1 fully saturated rings. The lowest BCUT2D eigenvalue weighted by molar-refractivity contribution is 0.288. The Morgan fingerprint density at radius 3 is 2.32 bits per heavy atom. The maximum Gasteiger partial charge on any atom is 0.198 e. The number of anilines is 1. The van der Waals surface area contributed by atoms with Gasteiger partial charge in [-0.3, -0.25) is 4.99 Å². The number of benzene rings is 2. The Morgan fingerprint density at radius 2 is 1.60 bits per heavy atom. The number of hydrogen-bond donors (Lipinski definition) is 1. The summed E-state index contributed by atoms with van der Waals surface area (Å²) in [6, 6.07) is 21.7.